The molecule has 0 aliphatic rings. The number of nitrogens with zero attached hydrogens (tertiary/aromatic N) is 3. The van der Waals surface area contributed by atoms with E-state index in [4.69, 9.17) is 5.73 Å². The predicted molar refractivity (Wildman–Crippen MR) is 101 cm³/mol. The number of hydrogen-bond donors (Lipinski definition) is 3. The first-order valence-corrected chi connectivity index (χ1v) is 8.11. The maximum absolute atomic E-state index is 13.6. The summed E-state index contributed by atoms with van der Waals surface area (Å²) in [6.07, 6.45) is 1.67. The fourth-order valence-corrected chi connectivity index (χ4v) is 3.03. The van der Waals surface area contributed by atoms with Crippen LogP contribution in [-0.2, 0) is 0 Å². The van der Waals surface area contributed by atoms with Gasteiger partial charge in [-0.05, 0) is 37.6 Å². The maximum atomic E-state index is 13.6. The van der Waals surface area contributed by atoms with Crippen molar-refractivity contribution in [2.24, 2.45) is 0 Å². The minimum Gasteiger partial charge on any atom is -0.368 e. The Balaban J connectivity index is 1.83. The number of nitrogen functional groups attached to an aromatic ring is 1. The van der Waals surface area contributed by atoms with Crippen LogP contribution in [0.25, 0.3) is 22.0 Å². The number of nitrogens with two attached hydrogens (primary N) is 1. The molecule has 4 N–H and O–H groups in total. The summed E-state index contributed by atoms with van der Waals surface area (Å²) in [6.45, 7) is 4.07. The zero-order valence-corrected chi connectivity index (χ0v) is 14.3. The highest BCUT2D eigenvalue weighted by molar-refractivity contribution is 5.92. The molecule has 0 unspecified atom stereocenters. The van der Waals surface area contributed by atoms with E-state index in [1.54, 1.807) is 12.3 Å². The lowest BCUT2D eigenvalue weighted by atomic mass is 10.0. The average Bonchev–Trinajstić information content (AvgIpc) is 2.96. The zero-order chi connectivity index (χ0) is 18.3. The highest BCUT2D eigenvalue weighted by atomic mass is 19.1. The molecule has 0 aliphatic heterocycles. The van der Waals surface area contributed by atoms with Gasteiger partial charge in [0.05, 0.1) is 5.52 Å². The van der Waals surface area contributed by atoms with Crippen molar-refractivity contribution >= 4 is 28.5 Å². The number of anilines is 3. The van der Waals surface area contributed by atoms with Crippen LogP contribution in [0.4, 0.5) is 22.0 Å². The van der Waals surface area contributed by atoms with Gasteiger partial charge in [0.15, 0.2) is 5.82 Å². The minimum absolute atomic E-state index is 0.145. The number of aromatic amines is 1. The lowest BCUT2D eigenvalue weighted by molar-refractivity contribution is 0.630. The molecule has 2 aromatic heterocycles. The number of fused-ring (bicyclic) bond motifs is 1. The zero-order valence-electron chi connectivity index (χ0n) is 14.3. The van der Waals surface area contributed by atoms with Gasteiger partial charge in [-0.15, -0.1) is 0 Å². The molecule has 6 nitrogen and oxygen atoms in total. The summed E-state index contributed by atoms with van der Waals surface area (Å²) < 4.78 is 13.6. The lowest BCUT2D eigenvalue weighted by Gasteiger charge is -2.11. The number of aryl methyl sites for hydroxylation is 2. The van der Waals surface area contributed by atoms with Crippen LogP contribution < -0.4 is 11.1 Å². The van der Waals surface area contributed by atoms with Gasteiger partial charge in [-0.2, -0.15) is 10.1 Å². The highest BCUT2D eigenvalue weighted by Gasteiger charge is 2.13. The Morgan fingerprint density at radius 3 is 2.58 bits per heavy atom. The summed E-state index contributed by atoms with van der Waals surface area (Å²) in [7, 11) is 0. The van der Waals surface area contributed by atoms with Crippen LogP contribution in [0, 0.1) is 19.7 Å². The van der Waals surface area contributed by atoms with E-state index in [9.17, 15) is 4.39 Å². The molecule has 0 amide bonds. The number of nitrogens with one attached hydrogen (secondary N) is 2. The van der Waals surface area contributed by atoms with Crippen molar-refractivity contribution in [3.63, 3.8) is 0 Å². The second-order valence-corrected chi connectivity index (χ2v) is 6.25. The van der Waals surface area contributed by atoms with Crippen LogP contribution in [0.1, 0.15) is 11.1 Å². The third-order valence-electron chi connectivity index (χ3n) is 4.10. The molecule has 0 aliphatic carbocycles. The first kappa shape index (κ1) is 16.0. The van der Waals surface area contributed by atoms with Crippen LogP contribution >= 0.6 is 0 Å². The second kappa shape index (κ2) is 6.11. The molecule has 0 saturated carbocycles. The second-order valence-electron chi connectivity index (χ2n) is 6.25. The van der Waals surface area contributed by atoms with Gasteiger partial charge in [0.1, 0.15) is 11.6 Å². The Morgan fingerprint density at radius 2 is 1.81 bits per heavy atom. The molecule has 0 radical (unpaired) electrons. The van der Waals surface area contributed by atoms with Crippen molar-refractivity contribution in [3.05, 3.63) is 59.5 Å². The number of rotatable bonds is 3. The summed E-state index contributed by atoms with van der Waals surface area (Å²) in [5, 5.41) is 10.9. The summed E-state index contributed by atoms with van der Waals surface area (Å²) in [4.78, 5) is 8.44. The Bertz CT molecular complexity index is 1100. The molecule has 0 saturated heterocycles. The predicted octanol–water partition coefficient (Wildman–Crippen LogP) is 4.10. The number of hydrogen-bond acceptors (Lipinski definition) is 5. The summed E-state index contributed by atoms with van der Waals surface area (Å²) >= 11 is 0. The van der Waals surface area contributed by atoms with Crippen LogP contribution in [0.5, 0.6) is 0 Å². The fourth-order valence-electron chi connectivity index (χ4n) is 3.03. The first-order chi connectivity index (χ1) is 12.5. The SMILES string of the molecule is Cc1cc(C)cc(-c2cnc(N)nc2Nc2n[nH]c3ccc(F)cc23)c1. The Kier molecular flexibility index (Phi) is 3.76. The highest BCUT2D eigenvalue weighted by Crippen LogP contribution is 2.31. The monoisotopic (exact) mass is 348 g/mol. The molecular weight excluding hydrogens is 331 g/mol. The molecule has 7 heteroatoms. The van der Waals surface area contributed by atoms with E-state index in [1.807, 2.05) is 13.8 Å². The molecule has 4 rings (SSSR count). The maximum Gasteiger partial charge on any atom is 0.221 e. The quantitative estimate of drug-likeness (QED) is 0.518. The molecule has 2 heterocycles. The number of H-pyrrole nitrogens is 1. The lowest BCUT2D eigenvalue weighted by Crippen LogP contribution is -2.03. The third kappa shape index (κ3) is 2.95. The molecular formula is C19H17FN6. The minimum atomic E-state index is -0.335. The Morgan fingerprint density at radius 1 is 1.04 bits per heavy atom. The van der Waals surface area contributed by atoms with Gasteiger partial charge in [0.25, 0.3) is 0 Å². The van der Waals surface area contributed by atoms with Crippen LogP contribution in [-0.4, -0.2) is 20.2 Å². The standard InChI is InChI=1S/C19H17FN6/c1-10-5-11(2)7-12(6-10)15-9-22-19(21)24-17(15)23-18-14-8-13(20)3-4-16(14)25-26-18/h3-9H,1-2H3,(H4,21,22,23,24,25,26). The van der Waals surface area contributed by atoms with Crippen molar-refractivity contribution in [3.8, 4) is 11.1 Å². The van der Waals surface area contributed by atoms with Crippen LogP contribution in [0.3, 0.4) is 0 Å². The molecule has 0 atom stereocenters. The van der Waals surface area contributed by atoms with Gasteiger partial charge in [-0.1, -0.05) is 29.3 Å². The van der Waals surface area contributed by atoms with E-state index in [1.165, 1.54) is 12.1 Å². The smallest absolute Gasteiger partial charge is 0.221 e. The van der Waals surface area contributed by atoms with E-state index in [0.717, 1.165) is 27.8 Å². The van der Waals surface area contributed by atoms with E-state index in [0.29, 0.717) is 17.0 Å². The number of benzene rings is 2. The topological polar surface area (TPSA) is 92.5 Å². The summed E-state index contributed by atoms with van der Waals surface area (Å²) in [5.74, 6) is 0.800. The molecule has 26 heavy (non-hydrogen) atoms. The molecule has 0 spiro atoms. The number of aromatic nitrogens is 4. The number of halogens is 1. The fraction of sp³-hybridized carbons (Fsp3) is 0.105. The largest absolute Gasteiger partial charge is 0.368 e. The van der Waals surface area contributed by atoms with Crippen molar-refractivity contribution < 1.29 is 4.39 Å². The van der Waals surface area contributed by atoms with Crippen molar-refractivity contribution in [2.45, 2.75) is 13.8 Å². The summed E-state index contributed by atoms with van der Waals surface area (Å²) in [5.41, 5.74) is 10.5. The molecule has 2 aromatic carbocycles. The van der Waals surface area contributed by atoms with Gasteiger partial charge in [0, 0.05) is 17.1 Å². The molecule has 4 aromatic rings. The molecule has 0 fully saturated rings. The van der Waals surface area contributed by atoms with E-state index in [-0.39, 0.29) is 11.8 Å². The average molecular weight is 348 g/mol. The first-order valence-electron chi connectivity index (χ1n) is 8.11. The molecule has 130 valence electrons. The third-order valence-corrected chi connectivity index (χ3v) is 4.10. The van der Waals surface area contributed by atoms with Gasteiger partial charge in [0.2, 0.25) is 5.95 Å². The van der Waals surface area contributed by atoms with Crippen molar-refractivity contribution in [2.75, 3.05) is 11.1 Å². The van der Waals surface area contributed by atoms with Crippen LogP contribution in [0.2, 0.25) is 0 Å². The van der Waals surface area contributed by atoms with E-state index < -0.39 is 0 Å². The van der Waals surface area contributed by atoms with Crippen molar-refractivity contribution in [1.29, 1.82) is 0 Å². The van der Waals surface area contributed by atoms with E-state index >= 15 is 0 Å². The van der Waals surface area contributed by atoms with E-state index in [2.05, 4.69) is 43.7 Å². The van der Waals surface area contributed by atoms with Crippen molar-refractivity contribution in [1.82, 2.24) is 20.2 Å². The normalized spacial score (nSPS) is 11.0. The molecule has 0 bridgehead atoms. The van der Waals surface area contributed by atoms with Gasteiger partial charge in [-0.25, -0.2) is 9.37 Å². The van der Waals surface area contributed by atoms with Gasteiger partial charge >= 0.3 is 0 Å². The van der Waals surface area contributed by atoms with Crippen LogP contribution in [0.15, 0.2) is 42.6 Å². The van der Waals surface area contributed by atoms with Gasteiger partial charge < -0.3 is 11.1 Å². The van der Waals surface area contributed by atoms with Gasteiger partial charge in [-0.3, -0.25) is 5.10 Å². The Hall–Kier alpha value is -3.48. The summed E-state index contributed by atoms with van der Waals surface area (Å²) in [6, 6.07) is 10.6. The Labute approximate surface area is 149 Å².